The molecule has 4 aromatic carbocycles. The molecule has 0 saturated heterocycles. The molecule has 0 amide bonds. The van der Waals surface area contributed by atoms with Gasteiger partial charge in [-0.2, -0.15) is 15.3 Å². The Morgan fingerprint density at radius 1 is 0.398 bits per heavy atom. The van der Waals surface area contributed by atoms with Crippen LogP contribution in [0.3, 0.4) is 0 Å². The number of nitrogens with two attached hydrogens (primary N) is 1. The van der Waals surface area contributed by atoms with Crippen LogP contribution in [0.25, 0.3) is 61.4 Å². The van der Waals surface area contributed by atoms with Crippen molar-refractivity contribution in [1.29, 1.82) is 0 Å². The van der Waals surface area contributed by atoms with Crippen molar-refractivity contribution in [2.24, 2.45) is 0 Å². The zero-order valence-electron chi connectivity index (χ0n) is 50.4. The second-order valence-electron chi connectivity index (χ2n) is 21.6. The maximum Gasteiger partial charge on any atom is 0.229 e. The molecule has 0 unspecified atom stereocenters. The average Bonchev–Trinajstić information content (AvgIpc) is 1.72. The van der Waals surface area contributed by atoms with E-state index in [-0.39, 0.29) is 11.5 Å². The minimum Gasteiger partial charge on any atom is -0.397 e. The highest BCUT2D eigenvalue weighted by molar-refractivity contribution is 8.13. The van der Waals surface area contributed by atoms with Crippen LogP contribution < -0.4 is 21.7 Å². The Balaban J connectivity index is 0.000000148. The zero-order valence-corrected chi connectivity index (χ0v) is 55.1. The molecule has 474 valence electrons. The van der Waals surface area contributed by atoms with Gasteiger partial charge in [-0.25, -0.2) is 38.8 Å². The van der Waals surface area contributed by atoms with Gasteiger partial charge in [-0.3, -0.25) is 15.0 Å². The number of anilines is 4. The van der Waals surface area contributed by atoms with Crippen molar-refractivity contribution in [3.8, 4) is 44.9 Å². The summed E-state index contributed by atoms with van der Waals surface area (Å²) in [6.07, 6.45) is 18.8. The molecule has 0 aliphatic rings. The lowest BCUT2D eigenvalue weighted by molar-refractivity contribution is 0.599. The van der Waals surface area contributed by atoms with Gasteiger partial charge >= 0.3 is 0 Å². The number of fused-ring (bicyclic) bond motifs is 3. The van der Waals surface area contributed by atoms with Crippen molar-refractivity contribution in [2.75, 3.05) is 40.5 Å². The fourth-order valence-corrected chi connectivity index (χ4v) is 12.0. The first-order valence-electron chi connectivity index (χ1n) is 28.7. The standard InChI is InChI=1S/C27H24N4O2S.C21H19ClN4O2S.C19H16ClN5.CH3ClO2S/c1-34(32,33)19-21-14-23(18-28-16-21)25-15-26(29-17-20-8-4-2-5-9-20)27-24(12-13-31(27)30-25)22-10-6-3-7-11-22;1-29(27,28)14-16-9-17(13-23-11-16)19-10-20(21-18(22)7-8-26(21)25-19)24-12-15-5-3-2-4-6-15;20-16-6-7-25-19(16)18(23-10-13-4-2-1-3-5-13)9-17(24-25)14-8-15(21)12-22-11-14;1-5(2,3)4/h2-16,18,29H,17,19H2,1H3;2-11,13,24H,12,14H2,1H3;1-9,11-12,23H,10,21H2;1H3. The highest BCUT2D eigenvalue weighted by Crippen LogP contribution is 2.35. The molecule has 93 heavy (non-hydrogen) atoms. The number of nitrogens with one attached hydrogen (secondary N) is 3. The summed E-state index contributed by atoms with van der Waals surface area (Å²) in [5.41, 5.74) is 23.2. The maximum absolute atomic E-state index is 11.8. The number of sulfone groups is 2. The molecule has 0 aliphatic carbocycles. The predicted molar refractivity (Wildman–Crippen MR) is 374 cm³/mol. The number of aromatic nitrogens is 9. The SMILES string of the molecule is CS(=O)(=O)Cc1cncc(-c2cc(NCc3ccccc3)c3c(-c4ccccc4)ccn3n2)c1.CS(=O)(=O)Cc1cncc(-c2cc(NCc3ccccc3)c3c(Cl)ccn3n2)c1.CS(=O)(=O)Cl.Nc1cncc(-c2cc(NCc3ccccc3)c3c(Cl)ccn3n2)c1. The quantitative estimate of drug-likeness (QED) is 0.0618. The van der Waals surface area contributed by atoms with Gasteiger partial charge in [0.25, 0.3) is 0 Å². The molecule has 5 N–H and O–H groups in total. The molecule has 13 rings (SSSR count). The summed E-state index contributed by atoms with van der Waals surface area (Å²) < 4.78 is 71.0. The number of pyridine rings is 3. The van der Waals surface area contributed by atoms with Gasteiger partial charge in [0.05, 0.1) is 73.2 Å². The topological polar surface area (TPSA) is 255 Å². The molecule has 0 aliphatic heterocycles. The summed E-state index contributed by atoms with van der Waals surface area (Å²) in [6.45, 7) is 1.98. The molecule has 13 aromatic rings. The third-order valence-corrected chi connectivity index (χ3v) is 16.2. The van der Waals surface area contributed by atoms with Crippen LogP contribution in [0, 0.1) is 0 Å². The minimum absolute atomic E-state index is 0.0587. The van der Waals surface area contributed by atoms with Crippen molar-refractivity contribution < 1.29 is 25.3 Å². The second kappa shape index (κ2) is 29.7. The van der Waals surface area contributed by atoms with E-state index in [2.05, 4.69) is 94.2 Å². The highest BCUT2D eigenvalue weighted by Gasteiger charge is 2.18. The van der Waals surface area contributed by atoms with E-state index in [4.69, 9.17) is 34.0 Å². The number of rotatable bonds is 17. The largest absolute Gasteiger partial charge is 0.397 e. The third-order valence-electron chi connectivity index (χ3n) is 13.9. The molecule has 0 bridgehead atoms. The van der Waals surface area contributed by atoms with Crippen molar-refractivity contribution in [2.45, 2.75) is 31.1 Å². The van der Waals surface area contributed by atoms with Crippen LogP contribution in [0.4, 0.5) is 22.7 Å². The van der Waals surface area contributed by atoms with Gasteiger partial charge < -0.3 is 21.7 Å². The lowest BCUT2D eigenvalue weighted by Gasteiger charge is -2.13. The van der Waals surface area contributed by atoms with Crippen molar-refractivity contribution >= 4 is 102 Å². The number of hydrogen-bond donors (Lipinski definition) is 4. The molecule has 0 spiro atoms. The van der Waals surface area contributed by atoms with Crippen LogP contribution >= 0.6 is 33.9 Å². The Morgan fingerprint density at radius 2 is 0.731 bits per heavy atom. The van der Waals surface area contributed by atoms with Gasteiger partial charge in [0.1, 0.15) is 11.0 Å². The smallest absolute Gasteiger partial charge is 0.229 e. The Bertz CT molecular complexity index is 5080. The first-order chi connectivity index (χ1) is 44.6. The number of halogens is 3. The lowest BCUT2D eigenvalue weighted by atomic mass is 10.1. The van der Waals surface area contributed by atoms with E-state index in [9.17, 15) is 25.3 Å². The molecule has 0 atom stereocenters. The molecular formula is C68H62Cl3N13O6S3. The Kier molecular flexibility index (Phi) is 21.2. The first kappa shape index (κ1) is 66.2. The molecule has 19 nitrogen and oxygen atoms in total. The van der Waals surface area contributed by atoms with E-state index in [1.165, 1.54) is 23.6 Å². The predicted octanol–water partition coefficient (Wildman–Crippen LogP) is 13.9. The van der Waals surface area contributed by atoms with Gasteiger partial charge in [-0.1, -0.05) is 145 Å². The first-order valence-corrected chi connectivity index (χ1v) is 36.3. The summed E-state index contributed by atoms with van der Waals surface area (Å²) in [5.74, 6) is -0.124. The lowest BCUT2D eigenvalue weighted by Crippen LogP contribution is -2.05. The van der Waals surface area contributed by atoms with Gasteiger partial charge in [-0.05, 0) is 88.0 Å². The summed E-state index contributed by atoms with van der Waals surface area (Å²) in [6, 6.07) is 57.8. The molecule has 0 radical (unpaired) electrons. The van der Waals surface area contributed by atoms with Gasteiger partial charge in [0, 0.05) is 121 Å². The monoisotopic (exact) mass is 1360 g/mol. The van der Waals surface area contributed by atoms with Crippen LogP contribution in [0.2, 0.25) is 10.0 Å². The molecule has 0 saturated carbocycles. The Hall–Kier alpha value is -9.68. The van der Waals surface area contributed by atoms with Crippen LogP contribution in [0.5, 0.6) is 0 Å². The average molecular weight is 1360 g/mol. The number of benzene rings is 4. The number of hydrogen-bond acceptors (Lipinski definition) is 16. The van der Waals surface area contributed by atoms with E-state index in [0.717, 1.165) is 78.9 Å². The van der Waals surface area contributed by atoms with E-state index >= 15 is 0 Å². The summed E-state index contributed by atoms with van der Waals surface area (Å²) in [5, 5.41) is 25.8. The highest BCUT2D eigenvalue weighted by atomic mass is 35.7. The maximum atomic E-state index is 11.8. The van der Waals surface area contributed by atoms with Gasteiger partial charge in [-0.15, -0.1) is 0 Å². The van der Waals surface area contributed by atoms with E-state index in [1.54, 1.807) is 64.5 Å². The van der Waals surface area contributed by atoms with Crippen molar-refractivity contribution in [3.63, 3.8) is 0 Å². The van der Waals surface area contributed by atoms with Crippen LogP contribution in [-0.2, 0) is 59.9 Å². The third kappa shape index (κ3) is 18.7. The van der Waals surface area contributed by atoms with Crippen molar-refractivity contribution in [3.05, 3.63) is 270 Å². The van der Waals surface area contributed by atoms with E-state index in [0.29, 0.717) is 57.9 Å². The molecule has 9 heterocycles. The van der Waals surface area contributed by atoms with Gasteiger partial charge in [0.2, 0.25) is 9.05 Å². The fourth-order valence-electron chi connectivity index (χ4n) is 9.97. The number of nitrogen functional groups attached to an aromatic ring is 1. The van der Waals surface area contributed by atoms with E-state index in [1.807, 2.05) is 138 Å². The second-order valence-corrected chi connectivity index (χ2v) is 29.8. The van der Waals surface area contributed by atoms with Crippen LogP contribution in [0.1, 0.15) is 27.8 Å². The fraction of sp³-hybridized carbons (Fsp3) is 0.118. The van der Waals surface area contributed by atoms with Crippen LogP contribution in [0.15, 0.2) is 232 Å². The van der Waals surface area contributed by atoms with Gasteiger partial charge in [0.15, 0.2) is 19.7 Å². The summed E-state index contributed by atoms with van der Waals surface area (Å²) in [7, 11) is -5.01. The molecule has 0 fully saturated rings. The normalized spacial score (nSPS) is 11.4. The zero-order chi connectivity index (χ0) is 65.7. The summed E-state index contributed by atoms with van der Waals surface area (Å²) in [4.78, 5) is 12.6. The van der Waals surface area contributed by atoms with Crippen LogP contribution in [-0.4, -0.2) is 87.8 Å². The molecule has 9 aromatic heterocycles. The Labute approximate surface area is 553 Å². The molecular weight excluding hydrogens is 1300 g/mol. The summed E-state index contributed by atoms with van der Waals surface area (Å²) >= 11 is 12.7. The number of nitrogens with zero attached hydrogens (tertiary/aromatic N) is 9. The molecule has 25 heteroatoms. The Morgan fingerprint density at radius 3 is 1.11 bits per heavy atom. The van der Waals surface area contributed by atoms with E-state index < -0.39 is 28.7 Å². The minimum atomic E-state index is -3.19. The van der Waals surface area contributed by atoms with Crippen molar-refractivity contribution in [1.82, 2.24) is 43.8 Å².